The van der Waals surface area contributed by atoms with E-state index in [-0.39, 0.29) is 6.04 Å². The van der Waals surface area contributed by atoms with Crippen LogP contribution in [0.2, 0.25) is 0 Å². The summed E-state index contributed by atoms with van der Waals surface area (Å²) in [6, 6.07) is 12.7. The first-order valence-corrected chi connectivity index (χ1v) is 11.6. The van der Waals surface area contributed by atoms with Gasteiger partial charge in [-0.3, -0.25) is 4.90 Å². The Morgan fingerprint density at radius 1 is 1.20 bits per heavy atom. The number of nitrogens with one attached hydrogen (secondary N) is 1. The molecule has 0 saturated carbocycles. The van der Waals surface area contributed by atoms with E-state index in [0.29, 0.717) is 0 Å². The van der Waals surface area contributed by atoms with Gasteiger partial charge in [0.2, 0.25) is 0 Å². The predicted octanol–water partition coefficient (Wildman–Crippen LogP) is 4.97. The number of piperidine rings is 1. The van der Waals surface area contributed by atoms with E-state index in [1.807, 2.05) is 6.07 Å². The van der Waals surface area contributed by atoms with Gasteiger partial charge in [0.15, 0.2) is 5.58 Å². The van der Waals surface area contributed by atoms with Gasteiger partial charge in [0.25, 0.3) is 0 Å². The van der Waals surface area contributed by atoms with Gasteiger partial charge in [-0.15, -0.1) is 0 Å². The maximum atomic E-state index is 11.1. The monoisotopic (exact) mass is 467 g/mol. The molecule has 1 saturated heterocycles. The van der Waals surface area contributed by atoms with Crippen molar-refractivity contribution in [1.29, 1.82) is 0 Å². The molecule has 3 heterocycles. The van der Waals surface area contributed by atoms with E-state index in [1.165, 1.54) is 24.0 Å². The lowest BCUT2D eigenvalue weighted by molar-refractivity contribution is -0.108. The number of aldehydes is 1. The molecule has 5 rings (SSSR count). The maximum absolute atomic E-state index is 11.1. The number of fused-ring (bicyclic) bond motifs is 2. The molecule has 6 heteroatoms. The lowest BCUT2D eigenvalue weighted by atomic mass is 9.91. The van der Waals surface area contributed by atoms with E-state index in [9.17, 15) is 4.79 Å². The van der Waals surface area contributed by atoms with Crippen LogP contribution in [0.3, 0.4) is 0 Å². The molecule has 156 valence electrons. The first-order chi connectivity index (χ1) is 14.7. The molecular formula is C24H26BrN3O2. The van der Waals surface area contributed by atoms with Gasteiger partial charge >= 0.3 is 0 Å². The number of nitrogens with zero attached hydrogens (tertiary/aromatic N) is 2. The zero-order valence-corrected chi connectivity index (χ0v) is 18.5. The van der Waals surface area contributed by atoms with Crippen molar-refractivity contribution < 1.29 is 9.32 Å². The summed E-state index contributed by atoms with van der Waals surface area (Å²) in [4.78, 5) is 13.6. The fourth-order valence-electron chi connectivity index (χ4n) is 4.75. The molecule has 1 aromatic heterocycles. The lowest BCUT2D eigenvalue weighted by Crippen LogP contribution is -2.33. The van der Waals surface area contributed by atoms with Crippen LogP contribution >= 0.6 is 15.9 Å². The number of rotatable bonds is 6. The molecule has 0 amide bonds. The lowest BCUT2D eigenvalue weighted by Gasteiger charge is -2.32. The molecule has 0 bridgehead atoms. The van der Waals surface area contributed by atoms with Crippen LogP contribution < -0.4 is 5.32 Å². The normalized spacial score (nSPS) is 19.7. The quantitative estimate of drug-likeness (QED) is 0.518. The molecule has 1 fully saturated rings. The fraction of sp³-hybridized carbons (Fsp3) is 0.417. The highest BCUT2D eigenvalue weighted by molar-refractivity contribution is 9.10. The van der Waals surface area contributed by atoms with Gasteiger partial charge in [-0.1, -0.05) is 33.2 Å². The second-order valence-electron chi connectivity index (χ2n) is 8.61. The number of likely N-dealkylation sites (tertiary alicyclic amines) is 1. The smallest absolute Gasteiger partial charge is 0.169 e. The molecule has 1 atom stereocenters. The summed E-state index contributed by atoms with van der Waals surface area (Å²) >= 11 is 3.51. The number of hydrogen-bond acceptors (Lipinski definition) is 5. The standard InChI is InChI=1S/C24H26BrN3O2/c25-19-4-1-17(2-5-19)14-28-9-7-16(8-10-28)3-6-22-21-12-18-11-20(15-29)26-23(18)13-24(21)30-27-22/h1-2,4-5,12-13,15-16,20,26H,3,6-11,14H2. The third-order valence-electron chi connectivity index (χ3n) is 6.53. The Morgan fingerprint density at radius 3 is 2.77 bits per heavy atom. The van der Waals surface area contributed by atoms with Gasteiger partial charge in [-0.25, -0.2) is 0 Å². The number of carbonyl (C=O) groups excluding carboxylic acids is 1. The highest BCUT2D eigenvalue weighted by Gasteiger charge is 2.24. The number of aromatic nitrogens is 1. The number of carbonyl (C=O) groups is 1. The van der Waals surface area contributed by atoms with E-state index in [1.54, 1.807) is 0 Å². The minimum Gasteiger partial charge on any atom is -0.375 e. The van der Waals surface area contributed by atoms with Crippen molar-refractivity contribution in [2.45, 2.75) is 44.7 Å². The Kier molecular flexibility index (Phi) is 5.61. The van der Waals surface area contributed by atoms with Crippen LogP contribution in [0, 0.1) is 5.92 Å². The van der Waals surface area contributed by atoms with Crippen molar-refractivity contribution in [3.8, 4) is 0 Å². The molecule has 1 N–H and O–H groups in total. The Morgan fingerprint density at radius 2 is 2.00 bits per heavy atom. The number of hydrogen-bond donors (Lipinski definition) is 1. The Hall–Kier alpha value is -2.18. The third-order valence-corrected chi connectivity index (χ3v) is 7.06. The first-order valence-electron chi connectivity index (χ1n) is 10.8. The summed E-state index contributed by atoms with van der Waals surface area (Å²) in [5.41, 5.74) is 5.43. The molecule has 2 aliphatic rings. The van der Waals surface area contributed by atoms with Crippen molar-refractivity contribution in [2.24, 2.45) is 5.92 Å². The SMILES string of the molecule is O=CC1Cc2cc3c(CCC4CCN(Cc5ccc(Br)cc5)CC4)noc3cc2N1. The van der Waals surface area contributed by atoms with E-state index in [4.69, 9.17) is 4.52 Å². The third kappa shape index (κ3) is 4.16. The average Bonchev–Trinajstić information content (AvgIpc) is 3.36. The minimum atomic E-state index is -0.120. The molecule has 2 aliphatic heterocycles. The van der Waals surface area contributed by atoms with Crippen LogP contribution in [-0.4, -0.2) is 35.5 Å². The summed E-state index contributed by atoms with van der Waals surface area (Å²) in [5.74, 6) is 0.744. The average molecular weight is 468 g/mol. The topological polar surface area (TPSA) is 58.4 Å². The van der Waals surface area contributed by atoms with Crippen molar-refractivity contribution >= 4 is 38.9 Å². The summed E-state index contributed by atoms with van der Waals surface area (Å²) in [7, 11) is 0. The fourth-order valence-corrected chi connectivity index (χ4v) is 5.02. The van der Waals surface area contributed by atoms with Gasteiger partial charge < -0.3 is 14.6 Å². The summed E-state index contributed by atoms with van der Waals surface area (Å²) in [6.07, 6.45) is 6.31. The van der Waals surface area contributed by atoms with Crippen LogP contribution in [0.5, 0.6) is 0 Å². The minimum absolute atomic E-state index is 0.120. The number of benzene rings is 2. The summed E-state index contributed by atoms with van der Waals surface area (Å²) < 4.78 is 6.72. The van der Waals surface area contributed by atoms with E-state index in [2.05, 4.69) is 61.6 Å². The molecule has 5 nitrogen and oxygen atoms in total. The largest absolute Gasteiger partial charge is 0.375 e. The van der Waals surface area contributed by atoms with E-state index < -0.39 is 0 Å². The second kappa shape index (κ2) is 8.52. The molecule has 2 aromatic carbocycles. The Bertz CT molecular complexity index is 1040. The highest BCUT2D eigenvalue weighted by Crippen LogP contribution is 2.33. The first kappa shape index (κ1) is 19.8. The van der Waals surface area contributed by atoms with Crippen molar-refractivity contribution in [2.75, 3.05) is 18.4 Å². The van der Waals surface area contributed by atoms with Crippen LogP contribution in [0.25, 0.3) is 11.0 Å². The van der Waals surface area contributed by atoms with Gasteiger partial charge in [0, 0.05) is 34.6 Å². The maximum Gasteiger partial charge on any atom is 0.169 e. The Labute approximate surface area is 184 Å². The number of halogens is 1. The number of anilines is 1. The van der Waals surface area contributed by atoms with Crippen molar-refractivity contribution in [1.82, 2.24) is 10.1 Å². The second-order valence-corrected chi connectivity index (χ2v) is 9.53. The molecule has 0 spiro atoms. The molecule has 30 heavy (non-hydrogen) atoms. The van der Waals surface area contributed by atoms with Crippen molar-refractivity contribution in [3.63, 3.8) is 0 Å². The zero-order chi connectivity index (χ0) is 20.5. The molecule has 0 radical (unpaired) electrons. The van der Waals surface area contributed by atoms with Gasteiger partial charge in [-0.2, -0.15) is 0 Å². The molecule has 0 aliphatic carbocycles. The molecule has 3 aromatic rings. The van der Waals surface area contributed by atoms with Crippen LogP contribution in [0.4, 0.5) is 5.69 Å². The van der Waals surface area contributed by atoms with Gasteiger partial charge in [-0.05, 0) is 74.0 Å². The van der Waals surface area contributed by atoms with Crippen LogP contribution in [0.1, 0.15) is 36.1 Å². The van der Waals surface area contributed by atoms with Crippen LogP contribution in [0.15, 0.2) is 45.4 Å². The van der Waals surface area contributed by atoms with Crippen molar-refractivity contribution in [3.05, 3.63) is 57.7 Å². The number of aryl methyl sites for hydroxylation is 1. The highest BCUT2D eigenvalue weighted by atomic mass is 79.9. The van der Waals surface area contributed by atoms with Crippen LogP contribution in [-0.2, 0) is 24.2 Å². The predicted molar refractivity (Wildman–Crippen MR) is 122 cm³/mol. The molecular weight excluding hydrogens is 442 g/mol. The zero-order valence-electron chi connectivity index (χ0n) is 16.9. The van der Waals surface area contributed by atoms with Gasteiger partial charge in [0.1, 0.15) is 6.29 Å². The van der Waals surface area contributed by atoms with E-state index in [0.717, 1.165) is 77.9 Å². The summed E-state index contributed by atoms with van der Waals surface area (Å²) in [6.45, 7) is 3.36. The summed E-state index contributed by atoms with van der Waals surface area (Å²) in [5, 5.41) is 8.69. The van der Waals surface area contributed by atoms with E-state index >= 15 is 0 Å². The van der Waals surface area contributed by atoms with Gasteiger partial charge in [0.05, 0.1) is 11.7 Å². The molecule has 1 unspecified atom stereocenters. The Balaban J connectivity index is 1.16.